The van der Waals surface area contributed by atoms with Crippen LogP contribution in [0.1, 0.15) is 89.5 Å². The van der Waals surface area contributed by atoms with Crippen LogP contribution in [-0.4, -0.2) is 47.0 Å². The van der Waals surface area contributed by atoms with Gasteiger partial charge in [-0.05, 0) is 68.4 Å². The van der Waals surface area contributed by atoms with Crippen LogP contribution in [0.15, 0.2) is 24.3 Å². The molecule has 5 nitrogen and oxygen atoms in total. The van der Waals surface area contributed by atoms with Crippen molar-refractivity contribution in [2.45, 2.75) is 76.3 Å². The predicted molar refractivity (Wildman–Crippen MR) is 144 cm³/mol. The van der Waals surface area contributed by atoms with E-state index in [1.807, 2.05) is 11.3 Å². The van der Waals surface area contributed by atoms with Gasteiger partial charge in [0.2, 0.25) is 0 Å². The Balaban J connectivity index is 1.26. The molecule has 9 heteroatoms. The number of aromatic nitrogens is 2. The van der Waals surface area contributed by atoms with Crippen LogP contribution in [-0.2, 0) is 19.0 Å². The van der Waals surface area contributed by atoms with Crippen LogP contribution in [0.2, 0.25) is 0 Å². The summed E-state index contributed by atoms with van der Waals surface area (Å²) in [6, 6.07) is 4.53. The third-order valence-corrected chi connectivity index (χ3v) is 9.54. The second kappa shape index (κ2) is 10.5. The third-order valence-electron chi connectivity index (χ3n) is 8.36. The van der Waals surface area contributed by atoms with Crippen LogP contribution in [0, 0.1) is 0 Å². The molecule has 3 aromatic rings. The molecule has 1 aromatic carbocycles. The van der Waals surface area contributed by atoms with E-state index in [1.54, 1.807) is 4.90 Å². The van der Waals surface area contributed by atoms with E-state index in [-0.39, 0.29) is 5.91 Å². The Bertz CT molecular complexity index is 1310. The van der Waals surface area contributed by atoms with Crippen molar-refractivity contribution >= 4 is 33.3 Å². The lowest BCUT2D eigenvalue weighted by Crippen LogP contribution is -2.49. The van der Waals surface area contributed by atoms with E-state index in [9.17, 15) is 18.0 Å². The molecule has 1 saturated heterocycles. The van der Waals surface area contributed by atoms with Crippen LogP contribution in [0.4, 0.5) is 19.0 Å². The second-order valence-corrected chi connectivity index (χ2v) is 11.9. The van der Waals surface area contributed by atoms with Crippen molar-refractivity contribution in [1.82, 2.24) is 14.9 Å². The maximum Gasteiger partial charge on any atom is 0.416 e. The van der Waals surface area contributed by atoms with Gasteiger partial charge in [0.15, 0.2) is 0 Å². The number of benzene rings is 1. The van der Waals surface area contributed by atoms with Gasteiger partial charge < -0.3 is 9.80 Å². The molecule has 1 aliphatic heterocycles. The number of carbonyl (C=O) groups is 1. The average molecular weight is 543 g/mol. The molecule has 2 aliphatic carbocycles. The normalized spacial score (nSPS) is 19.4. The standard InChI is InChI=1S/C29H33F3N4OS/c30-29(31,32)21-13-11-20(12-14-21)28(37)36-17-15-35(16-18-36)26-24-22-9-5-2-6-10-23(22)38-27(24)34-25(33-26)19-7-3-1-4-8-19/h11-14,19H,1-10,15-18H2. The lowest BCUT2D eigenvalue weighted by Gasteiger charge is -2.36. The van der Waals surface area contributed by atoms with Gasteiger partial charge in [0.05, 0.1) is 10.9 Å². The van der Waals surface area contributed by atoms with Crippen LogP contribution in [0.5, 0.6) is 0 Å². The van der Waals surface area contributed by atoms with Crippen LogP contribution >= 0.6 is 11.3 Å². The Morgan fingerprint density at radius 1 is 0.868 bits per heavy atom. The number of hydrogen-bond acceptors (Lipinski definition) is 5. The molecule has 0 spiro atoms. The van der Waals surface area contributed by atoms with Gasteiger partial charge >= 0.3 is 6.18 Å². The van der Waals surface area contributed by atoms with Crippen molar-refractivity contribution in [3.05, 3.63) is 51.7 Å². The number of hydrogen-bond donors (Lipinski definition) is 0. The van der Waals surface area contributed by atoms with Crippen molar-refractivity contribution in [1.29, 1.82) is 0 Å². The fourth-order valence-electron chi connectivity index (χ4n) is 6.21. The Kier molecular flexibility index (Phi) is 7.05. The Morgan fingerprint density at radius 2 is 1.55 bits per heavy atom. The molecule has 3 heterocycles. The zero-order valence-electron chi connectivity index (χ0n) is 21.5. The van der Waals surface area contributed by atoms with E-state index in [0.29, 0.717) is 37.7 Å². The van der Waals surface area contributed by atoms with E-state index in [0.717, 1.165) is 54.3 Å². The molecule has 0 unspecified atom stereocenters. The monoisotopic (exact) mass is 542 g/mol. The number of amides is 1. The highest BCUT2D eigenvalue weighted by molar-refractivity contribution is 7.19. The molecular weight excluding hydrogens is 509 g/mol. The minimum absolute atomic E-state index is 0.224. The zero-order valence-corrected chi connectivity index (χ0v) is 22.3. The predicted octanol–water partition coefficient (Wildman–Crippen LogP) is 6.99. The molecule has 38 heavy (non-hydrogen) atoms. The molecule has 0 bridgehead atoms. The number of carbonyl (C=O) groups excluding carboxylic acids is 1. The maximum absolute atomic E-state index is 13.1. The molecule has 2 aromatic heterocycles. The molecule has 6 rings (SSSR count). The summed E-state index contributed by atoms with van der Waals surface area (Å²) in [5.74, 6) is 2.19. The highest BCUT2D eigenvalue weighted by Gasteiger charge is 2.32. The summed E-state index contributed by atoms with van der Waals surface area (Å²) < 4.78 is 38.8. The van der Waals surface area contributed by atoms with Gasteiger partial charge in [0.1, 0.15) is 16.5 Å². The number of nitrogens with zero attached hydrogens (tertiary/aromatic N) is 4. The highest BCUT2D eigenvalue weighted by Crippen LogP contribution is 2.41. The first-order valence-electron chi connectivity index (χ1n) is 13.9. The van der Waals surface area contributed by atoms with Gasteiger partial charge in [-0.15, -0.1) is 11.3 Å². The first-order chi connectivity index (χ1) is 18.4. The van der Waals surface area contributed by atoms with Crippen LogP contribution < -0.4 is 4.90 Å². The number of thiophene rings is 1. The summed E-state index contributed by atoms with van der Waals surface area (Å²) in [7, 11) is 0. The lowest BCUT2D eigenvalue weighted by atomic mass is 9.88. The molecule has 2 fully saturated rings. The van der Waals surface area contributed by atoms with Gasteiger partial charge in [-0.25, -0.2) is 9.97 Å². The van der Waals surface area contributed by atoms with Gasteiger partial charge in [-0.3, -0.25) is 4.79 Å². The Labute approximate surface area is 225 Å². The third kappa shape index (κ3) is 5.01. The minimum atomic E-state index is -4.41. The highest BCUT2D eigenvalue weighted by atomic mass is 32.1. The van der Waals surface area contributed by atoms with E-state index in [1.165, 1.54) is 66.5 Å². The smallest absolute Gasteiger partial charge is 0.352 e. The number of aryl methyl sites for hydroxylation is 2. The van der Waals surface area contributed by atoms with Gasteiger partial charge in [0.25, 0.3) is 5.91 Å². The van der Waals surface area contributed by atoms with Gasteiger partial charge in [-0.2, -0.15) is 13.2 Å². The number of halogens is 3. The van der Waals surface area contributed by atoms with Crippen molar-refractivity contribution in [2.24, 2.45) is 0 Å². The topological polar surface area (TPSA) is 49.3 Å². The lowest BCUT2D eigenvalue weighted by molar-refractivity contribution is -0.137. The second-order valence-electron chi connectivity index (χ2n) is 10.8. The summed E-state index contributed by atoms with van der Waals surface area (Å²) in [5, 5.41) is 1.22. The number of anilines is 1. The van der Waals surface area contributed by atoms with Crippen molar-refractivity contribution in [3.8, 4) is 0 Å². The molecule has 1 saturated carbocycles. The molecule has 0 atom stereocenters. The summed E-state index contributed by atoms with van der Waals surface area (Å²) >= 11 is 1.85. The maximum atomic E-state index is 13.1. The Hall–Kier alpha value is -2.68. The number of alkyl halides is 3. The van der Waals surface area contributed by atoms with Gasteiger partial charge in [-0.1, -0.05) is 25.7 Å². The fourth-order valence-corrected chi connectivity index (χ4v) is 7.47. The summed E-state index contributed by atoms with van der Waals surface area (Å²) in [4.78, 5) is 30.1. The van der Waals surface area contributed by atoms with E-state index >= 15 is 0 Å². The SMILES string of the molecule is O=C(c1ccc(C(F)(F)F)cc1)N1CCN(c2nc(C3CCCCC3)nc3sc4c(c23)CCCCC4)CC1. The zero-order chi connectivity index (χ0) is 26.3. The summed E-state index contributed by atoms with van der Waals surface area (Å²) in [5.41, 5.74) is 0.977. The summed E-state index contributed by atoms with van der Waals surface area (Å²) in [6.07, 6.45) is 7.48. The number of piperazine rings is 1. The first-order valence-corrected chi connectivity index (χ1v) is 14.7. The molecule has 1 amide bonds. The quantitative estimate of drug-likeness (QED) is 0.335. The van der Waals surface area contributed by atoms with Gasteiger partial charge in [0, 0.05) is 42.5 Å². The Morgan fingerprint density at radius 3 is 2.26 bits per heavy atom. The molecule has 0 N–H and O–H groups in total. The largest absolute Gasteiger partial charge is 0.416 e. The molecule has 0 radical (unpaired) electrons. The van der Waals surface area contributed by atoms with E-state index < -0.39 is 11.7 Å². The molecular formula is C29H33F3N4OS. The fraction of sp³-hybridized carbons (Fsp3) is 0.552. The van der Waals surface area contributed by atoms with E-state index in [4.69, 9.17) is 9.97 Å². The minimum Gasteiger partial charge on any atom is -0.352 e. The van der Waals surface area contributed by atoms with Crippen LogP contribution in [0.3, 0.4) is 0 Å². The average Bonchev–Trinajstić information content (AvgIpc) is 3.13. The number of rotatable bonds is 3. The summed E-state index contributed by atoms with van der Waals surface area (Å²) in [6.45, 7) is 2.31. The van der Waals surface area contributed by atoms with Crippen molar-refractivity contribution in [2.75, 3.05) is 31.1 Å². The van der Waals surface area contributed by atoms with Crippen LogP contribution in [0.25, 0.3) is 10.2 Å². The van der Waals surface area contributed by atoms with E-state index in [2.05, 4.69) is 4.90 Å². The first kappa shape index (κ1) is 25.6. The van der Waals surface area contributed by atoms with Crippen molar-refractivity contribution < 1.29 is 18.0 Å². The molecule has 202 valence electrons. The van der Waals surface area contributed by atoms with Crippen molar-refractivity contribution in [3.63, 3.8) is 0 Å². The molecule has 3 aliphatic rings. The number of fused-ring (bicyclic) bond motifs is 3.